The second-order valence-electron chi connectivity index (χ2n) is 7.18. The van der Waals surface area contributed by atoms with Gasteiger partial charge in [-0.3, -0.25) is 14.4 Å². The topological polar surface area (TPSA) is 85.6 Å². The molecule has 6 nitrogen and oxygen atoms in total. The lowest BCUT2D eigenvalue weighted by Crippen LogP contribution is -2.22. The van der Waals surface area contributed by atoms with Gasteiger partial charge in [-0.2, -0.15) is 0 Å². The molecule has 0 aliphatic carbocycles. The third-order valence-corrected chi connectivity index (χ3v) is 5.39. The van der Waals surface area contributed by atoms with Crippen LogP contribution in [0.1, 0.15) is 17.3 Å². The van der Waals surface area contributed by atoms with E-state index in [4.69, 9.17) is 32.4 Å². The molecular weight excluding hydrogens is 465 g/mol. The Balaban J connectivity index is 1.68. The second-order valence-corrected chi connectivity index (χ2v) is 8.03. The Labute approximate surface area is 198 Å². The normalized spacial score (nSPS) is 10.8. The minimum Gasteiger partial charge on any atom is -0.476 e. The van der Waals surface area contributed by atoms with Gasteiger partial charge in [-0.1, -0.05) is 47.5 Å². The van der Waals surface area contributed by atoms with Crippen molar-refractivity contribution in [3.63, 3.8) is 0 Å². The number of Topliss-reactive ketones (excluding diaryl/α,β-unsaturated/α-hetero) is 1. The fraction of sp³-hybridized carbons (Fsp3) is 0.0800. The molecule has 0 bridgehead atoms. The molecule has 0 aliphatic rings. The lowest BCUT2D eigenvalue weighted by Gasteiger charge is -2.13. The zero-order chi connectivity index (χ0) is 23.5. The number of carbonyl (C=O) groups excluding carboxylic acids is 2. The van der Waals surface area contributed by atoms with Crippen LogP contribution in [0.25, 0.3) is 22.3 Å². The molecule has 0 radical (unpaired) electrons. The number of anilines is 1. The van der Waals surface area contributed by atoms with E-state index in [2.05, 4.69) is 5.32 Å². The number of rotatable bonds is 6. The highest BCUT2D eigenvalue weighted by Crippen LogP contribution is 2.35. The van der Waals surface area contributed by atoms with Gasteiger partial charge in [-0.15, -0.1) is 0 Å². The molecule has 0 fully saturated rings. The first kappa shape index (κ1) is 22.6. The average Bonchev–Trinajstić information content (AvgIpc) is 2.79. The van der Waals surface area contributed by atoms with Gasteiger partial charge < -0.3 is 14.5 Å². The monoisotopic (exact) mass is 481 g/mol. The molecule has 1 N–H and O–H groups in total. The van der Waals surface area contributed by atoms with Crippen molar-refractivity contribution in [2.24, 2.45) is 0 Å². The van der Waals surface area contributed by atoms with Crippen molar-refractivity contribution in [3.05, 3.63) is 92.6 Å². The van der Waals surface area contributed by atoms with Crippen molar-refractivity contribution < 1.29 is 18.7 Å². The van der Waals surface area contributed by atoms with Gasteiger partial charge in [0.15, 0.2) is 18.2 Å². The molecule has 1 aromatic heterocycles. The SMILES string of the molecule is CC(=O)c1cccc(NC(=O)COc2c(-c3ccccc3Cl)oc3ccc(Cl)cc3c2=O)c1. The van der Waals surface area contributed by atoms with E-state index in [0.29, 0.717) is 32.4 Å². The van der Waals surface area contributed by atoms with Gasteiger partial charge in [0.05, 0.1) is 10.4 Å². The molecule has 0 aliphatic heterocycles. The van der Waals surface area contributed by atoms with Gasteiger partial charge in [0.1, 0.15) is 5.58 Å². The lowest BCUT2D eigenvalue weighted by atomic mass is 10.1. The van der Waals surface area contributed by atoms with Gasteiger partial charge in [-0.25, -0.2) is 0 Å². The first-order chi connectivity index (χ1) is 15.8. The van der Waals surface area contributed by atoms with E-state index in [1.807, 2.05) is 0 Å². The summed E-state index contributed by atoms with van der Waals surface area (Å²) < 4.78 is 11.6. The van der Waals surface area contributed by atoms with Crippen LogP contribution in [0, 0.1) is 0 Å². The summed E-state index contributed by atoms with van der Waals surface area (Å²) in [5.41, 5.74) is 1.15. The van der Waals surface area contributed by atoms with Crippen molar-refractivity contribution in [1.82, 2.24) is 0 Å². The highest BCUT2D eigenvalue weighted by Gasteiger charge is 2.21. The number of nitrogens with one attached hydrogen (secondary N) is 1. The van der Waals surface area contributed by atoms with Crippen LogP contribution in [0.2, 0.25) is 10.0 Å². The Kier molecular flexibility index (Phi) is 6.49. The summed E-state index contributed by atoms with van der Waals surface area (Å²) in [5, 5.41) is 3.57. The molecule has 1 amide bonds. The van der Waals surface area contributed by atoms with Crippen molar-refractivity contribution in [1.29, 1.82) is 0 Å². The van der Waals surface area contributed by atoms with E-state index in [-0.39, 0.29) is 22.7 Å². The molecule has 0 spiro atoms. The molecule has 0 atom stereocenters. The molecular formula is C25H17Cl2NO5. The zero-order valence-electron chi connectivity index (χ0n) is 17.4. The Morgan fingerprint density at radius 2 is 1.79 bits per heavy atom. The first-order valence-electron chi connectivity index (χ1n) is 9.88. The Morgan fingerprint density at radius 1 is 1.00 bits per heavy atom. The van der Waals surface area contributed by atoms with E-state index in [0.717, 1.165) is 0 Å². The predicted octanol–water partition coefficient (Wildman–Crippen LogP) is 5.99. The fourth-order valence-corrected chi connectivity index (χ4v) is 3.65. The van der Waals surface area contributed by atoms with Crippen LogP contribution in [0.15, 0.2) is 75.9 Å². The molecule has 8 heteroatoms. The molecule has 33 heavy (non-hydrogen) atoms. The molecule has 1 heterocycles. The second kappa shape index (κ2) is 9.48. The number of ether oxygens (including phenoxy) is 1. The third-order valence-electron chi connectivity index (χ3n) is 4.83. The quantitative estimate of drug-likeness (QED) is 0.342. The number of hydrogen-bond acceptors (Lipinski definition) is 5. The molecule has 3 aromatic carbocycles. The molecule has 4 aromatic rings. The summed E-state index contributed by atoms with van der Waals surface area (Å²) in [6.45, 7) is 0.962. The van der Waals surface area contributed by atoms with Crippen LogP contribution in [-0.2, 0) is 4.79 Å². The van der Waals surface area contributed by atoms with Crippen molar-refractivity contribution in [2.75, 3.05) is 11.9 Å². The Hall–Kier alpha value is -3.61. The van der Waals surface area contributed by atoms with Crippen LogP contribution in [0.4, 0.5) is 5.69 Å². The first-order valence-corrected chi connectivity index (χ1v) is 10.6. The number of amides is 1. The van der Waals surface area contributed by atoms with Crippen molar-refractivity contribution in [2.45, 2.75) is 6.92 Å². The summed E-state index contributed by atoms with van der Waals surface area (Å²) in [7, 11) is 0. The summed E-state index contributed by atoms with van der Waals surface area (Å²) in [4.78, 5) is 37.3. The summed E-state index contributed by atoms with van der Waals surface area (Å²) >= 11 is 12.4. The maximum absolute atomic E-state index is 13.2. The summed E-state index contributed by atoms with van der Waals surface area (Å²) in [5.74, 6) is -0.706. The van der Waals surface area contributed by atoms with Crippen molar-refractivity contribution in [3.8, 4) is 17.1 Å². The average molecular weight is 482 g/mol. The number of halogens is 2. The largest absolute Gasteiger partial charge is 0.476 e. The highest BCUT2D eigenvalue weighted by molar-refractivity contribution is 6.33. The predicted molar refractivity (Wildman–Crippen MR) is 129 cm³/mol. The van der Waals surface area contributed by atoms with Crippen LogP contribution >= 0.6 is 23.2 Å². The molecule has 0 unspecified atom stereocenters. The van der Waals surface area contributed by atoms with Crippen LogP contribution < -0.4 is 15.5 Å². The van der Waals surface area contributed by atoms with E-state index in [1.165, 1.54) is 13.0 Å². The summed E-state index contributed by atoms with van der Waals surface area (Å²) in [6, 6.07) is 18.0. The fourth-order valence-electron chi connectivity index (χ4n) is 3.25. The lowest BCUT2D eigenvalue weighted by molar-refractivity contribution is -0.118. The van der Waals surface area contributed by atoms with E-state index in [9.17, 15) is 14.4 Å². The number of fused-ring (bicyclic) bond motifs is 1. The molecule has 166 valence electrons. The standard InChI is InChI=1S/C25H17Cl2NO5/c1-14(29)15-5-4-6-17(11-15)28-22(30)13-32-25-23(31)19-12-16(26)9-10-21(19)33-24(25)18-7-2-3-8-20(18)27/h2-12H,13H2,1H3,(H,28,30). The van der Waals surface area contributed by atoms with Gasteiger partial charge in [0.25, 0.3) is 5.91 Å². The molecule has 4 rings (SSSR count). The van der Waals surface area contributed by atoms with Gasteiger partial charge in [-0.05, 0) is 49.4 Å². The summed E-state index contributed by atoms with van der Waals surface area (Å²) in [6.07, 6.45) is 0. The van der Waals surface area contributed by atoms with Crippen molar-refractivity contribution >= 4 is 51.5 Å². The number of carbonyl (C=O) groups is 2. The van der Waals surface area contributed by atoms with Crippen LogP contribution in [-0.4, -0.2) is 18.3 Å². The molecule has 0 saturated heterocycles. The Bertz CT molecular complexity index is 1440. The Morgan fingerprint density at radius 3 is 2.55 bits per heavy atom. The van der Waals surface area contributed by atoms with Gasteiger partial charge in [0, 0.05) is 21.8 Å². The number of hydrogen-bond donors (Lipinski definition) is 1. The van der Waals surface area contributed by atoms with Gasteiger partial charge in [0.2, 0.25) is 11.2 Å². The third kappa shape index (κ3) is 4.92. The van der Waals surface area contributed by atoms with E-state index < -0.39 is 17.9 Å². The smallest absolute Gasteiger partial charge is 0.262 e. The van der Waals surface area contributed by atoms with Crippen LogP contribution in [0.5, 0.6) is 5.75 Å². The maximum atomic E-state index is 13.2. The number of benzene rings is 3. The highest BCUT2D eigenvalue weighted by atomic mass is 35.5. The minimum atomic E-state index is -0.522. The van der Waals surface area contributed by atoms with E-state index >= 15 is 0 Å². The number of ketones is 1. The van der Waals surface area contributed by atoms with Crippen LogP contribution in [0.3, 0.4) is 0 Å². The zero-order valence-corrected chi connectivity index (χ0v) is 18.9. The van der Waals surface area contributed by atoms with Gasteiger partial charge >= 0.3 is 0 Å². The van der Waals surface area contributed by atoms with E-state index in [1.54, 1.807) is 60.7 Å². The molecule has 0 saturated carbocycles. The maximum Gasteiger partial charge on any atom is 0.262 e. The minimum absolute atomic E-state index is 0.104.